The van der Waals surface area contributed by atoms with Gasteiger partial charge in [0.15, 0.2) is 5.16 Å². The molecule has 1 N–H and O–H groups in total. The van der Waals surface area contributed by atoms with Crippen molar-refractivity contribution in [2.45, 2.75) is 37.2 Å². The third kappa shape index (κ3) is 5.15. The molecule has 1 aromatic heterocycles. The van der Waals surface area contributed by atoms with E-state index in [-0.39, 0.29) is 11.5 Å². The Bertz CT molecular complexity index is 1340. The quantitative estimate of drug-likeness (QED) is 0.250. The summed E-state index contributed by atoms with van der Waals surface area (Å²) in [5, 5.41) is 3.50. The third-order valence-electron chi connectivity index (χ3n) is 5.28. The molecule has 0 radical (unpaired) electrons. The zero-order chi connectivity index (χ0) is 23.9. The van der Waals surface area contributed by atoms with Crippen molar-refractivity contribution >= 4 is 34.3 Å². The van der Waals surface area contributed by atoms with Gasteiger partial charge in [-0.3, -0.25) is 14.2 Å². The second-order valence-electron chi connectivity index (χ2n) is 7.70. The summed E-state index contributed by atoms with van der Waals surface area (Å²) >= 11 is 1.28. The van der Waals surface area contributed by atoms with E-state index in [2.05, 4.69) is 5.32 Å². The number of thioether (sulfide) groups is 1. The van der Waals surface area contributed by atoms with Crippen LogP contribution < -0.4 is 15.6 Å². The molecule has 3 aromatic carbocycles. The lowest BCUT2D eigenvalue weighted by Crippen LogP contribution is -2.25. The van der Waals surface area contributed by atoms with E-state index in [9.17, 15) is 9.59 Å². The average Bonchev–Trinajstić information content (AvgIpc) is 2.86. The first kappa shape index (κ1) is 23.6. The fourth-order valence-corrected chi connectivity index (χ4v) is 4.84. The lowest BCUT2D eigenvalue weighted by Gasteiger charge is -2.20. The molecule has 0 saturated heterocycles. The van der Waals surface area contributed by atoms with Gasteiger partial charge in [0.25, 0.3) is 5.56 Å². The number of nitrogens with zero attached hydrogens (tertiary/aromatic N) is 2. The predicted octanol–water partition coefficient (Wildman–Crippen LogP) is 5.68. The van der Waals surface area contributed by atoms with Gasteiger partial charge in [-0.05, 0) is 43.2 Å². The highest BCUT2D eigenvalue weighted by molar-refractivity contribution is 8.00. The van der Waals surface area contributed by atoms with Crippen molar-refractivity contribution in [3.8, 4) is 5.75 Å². The molecular formula is C27H27N3O3S. The Morgan fingerprint density at radius 3 is 2.47 bits per heavy atom. The first-order valence-electron chi connectivity index (χ1n) is 11.4. The Morgan fingerprint density at radius 1 is 1.00 bits per heavy atom. The van der Waals surface area contributed by atoms with Gasteiger partial charge in [-0.15, -0.1) is 0 Å². The topological polar surface area (TPSA) is 73.2 Å². The number of hydrogen-bond donors (Lipinski definition) is 1. The van der Waals surface area contributed by atoms with Crippen molar-refractivity contribution < 1.29 is 9.53 Å². The van der Waals surface area contributed by atoms with E-state index in [1.165, 1.54) is 11.8 Å². The number of aromatic nitrogens is 2. The second-order valence-corrected chi connectivity index (χ2v) is 8.77. The molecule has 1 amide bonds. The molecule has 4 rings (SSSR count). The Hall–Kier alpha value is -3.58. The Labute approximate surface area is 203 Å². The third-order valence-corrected chi connectivity index (χ3v) is 6.53. The number of rotatable bonds is 9. The van der Waals surface area contributed by atoms with Gasteiger partial charge in [0.1, 0.15) is 11.0 Å². The van der Waals surface area contributed by atoms with Crippen molar-refractivity contribution in [2.24, 2.45) is 0 Å². The van der Waals surface area contributed by atoms with Gasteiger partial charge in [-0.25, -0.2) is 4.98 Å². The SMILES string of the molecule is CCCn1c(SC(C(=O)Nc2ccccc2OCC)c2ccccc2)nc2ccccc2c1=O. The molecule has 0 saturated carbocycles. The first-order chi connectivity index (χ1) is 16.6. The maximum absolute atomic E-state index is 13.6. The van der Waals surface area contributed by atoms with E-state index in [4.69, 9.17) is 9.72 Å². The van der Waals surface area contributed by atoms with Crippen LogP contribution in [0.4, 0.5) is 5.69 Å². The second kappa shape index (κ2) is 11.0. The zero-order valence-corrected chi connectivity index (χ0v) is 20.0. The van der Waals surface area contributed by atoms with Gasteiger partial charge < -0.3 is 10.1 Å². The summed E-state index contributed by atoms with van der Waals surface area (Å²) in [5.41, 5.74) is 1.96. The summed E-state index contributed by atoms with van der Waals surface area (Å²) in [6.45, 7) is 4.94. The first-order valence-corrected chi connectivity index (χ1v) is 12.2. The number of amides is 1. The largest absolute Gasteiger partial charge is 0.492 e. The van der Waals surface area contributed by atoms with Crippen LogP contribution in [0.1, 0.15) is 31.1 Å². The summed E-state index contributed by atoms with van der Waals surface area (Å²) < 4.78 is 7.35. The lowest BCUT2D eigenvalue weighted by molar-refractivity contribution is -0.115. The minimum atomic E-state index is -0.618. The predicted molar refractivity (Wildman–Crippen MR) is 138 cm³/mol. The molecule has 0 aliphatic heterocycles. The number of carbonyl (C=O) groups is 1. The maximum Gasteiger partial charge on any atom is 0.262 e. The molecule has 0 fully saturated rings. The molecule has 0 spiro atoms. The molecule has 1 unspecified atom stereocenters. The number of para-hydroxylation sites is 3. The summed E-state index contributed by atoms with van der Waals surface area (Å²) in [7, 11) is 0. The minimum Gasteiger partial charge on any atom is -0.492 e. The summed E-state index contributed by atoms with van der Waals surface area (Å²) in [4.78, 5) is 31.6. The van der Waals surface area contributed by atoms with Gasteiger partial charge in [0.05, 0.1) is 23.2 Å². The number of ether oxygens (including phenoxy) is 1. The number of anilines is 1. The molecule has 7 heteroatoms. The number of nitrogens with one attached hydrogen (secondary N) is 1. The van der Waals surface area contributed by atoms with E-state index in [1.807, 2.05) is 86.6 Å². The van der Waals surface area contributed by atoms with Crippen LogP contribution in [-0.4, -0.2) is 22.1 Å². The number of hydrogen-bond acceptors (Lipinski definition) is 5. The van der Waals surface area contributed by atoms with Crippen LogP contribution in [0.3, 0.4) is 0 Å². The van der Waals surface area contributed by atoms with Gasteiger partial charge in [0, 0.05) is 6.54 Å². The highest BCUT2D eigenvalue weighted by atomic mass is 32.2. The van der Waals surface area contributed by atoms with Crippen molar-refractivity contribution in [1.82, 2.24) is 9.55 Å². The molecule has 34 heavy (non-hydrogen) atoms. The van der Waals surface area contributed by atoms with E-state index >= 15 is 0 Å². The fraction of sp³-hybridized carbons (Fsp3) is 0.222. The van der Waals surface area contributed by atoms with Crippen LogP contribution in [0.15, 0.2) is 88.8 Å². The molecule has 1 atom stereocenters. The van der Waals surface area contributed by atoms with Gasteiger partial charge in [-0.2, -0.15) is 0 Å². The summed E-state index contributed by atoms with van der Waals surface area (Å²) in [5.74, 6) is 0.399. The van der Waals surface area contributed by atoms with Crippen molar-refractivity contribution in [3.05, 3.63) is 94.8 Å². The lowest BCUT2D eigenvalue weighted by atomic mass is 10.1. The van der Waals surface area contributed by atoms with Crippen LogP contribution in [0.2, 0.25) is 0 Å². The number of fused-ring (bicyclic) bond motifs is 1. The maximum atomic E-state index is 13.6. The molecule has 1 heterocycles. The molecule has 0 aliphatic rings. The van der Waals surface area contributed by atoms with Crippen molar-refractivity contribution in [1.29, 1.82) is 0 Å². The van der Waals surface area contributed by atoms with E-state index < -0.39 is 5.25 Å². The average molecular weight is 474 g/mol. The summed E-state index contributed by atoms with van der Waals surface area (Å²) in [6.07, 6.45) is 0.775. The van der Waals surface area contributed by atoms with Crippen molar-refractivity contribution in [3.63, 3.8) is 0 Å². The van der Waals surface area contributed by atoms with Crippen LogP contribution in [0, 0.1) is 0 Å². The smallest absolute Gasteiger partial charge is 0.262 e. The Balaban J connectivity index is 1.75. The molecule has 4 aromatic rings. The fourth-order valence-electron chi connectivity index (χ4n) is 3.71. The molecule has 6 nitrogen and oxygen atoms in total. The molecule has 0 aliphatic carbocycles. The van der Waals surface area contributed by atoms with Gasteiger partial charge in [0.2, 0.25) is 5.91 Å². The Kier molecular flexibility index (Phi) is 7.65. The van der Waals surface area contributed by atoms with Crippen LogP contribution >= 0.6 is 11.8 Å². The van der Waals surface area contributed by atoms with E-state index in [1.54, 1.807) is 10.6 Å². The summed E-state index contributed by atoms with van der Waals surface area (Å²) in [6, 6.07) is 24.2. The monoisotopic (exact) mass is 473 g/mol. The molecule has 0 bridgehead atoms. The van der Waals surface area contributed by atoms with Crippen LogP contribution in [-0.2, 0) is 11.3 Å². The number of benzene rings is 3. The molecule has 174 valence electrons. The highest BCUT2D eigenvalue weighted by Crippen LogP contribution is 2.36. The highest BCUT2D eigenvalue weighted by Gasteiger charge is 2.26. The van der Waals surface area contributed by atoms with Crippen molar-refractivity contribution in [2.75, 3.05) is 11.9 Å². The van der Waals surface area contributed by atoms with E-state index in [0.29, 0.717) is 40.6 Å². The van der Waals surface area contributed by atoms with Gasteiger partial charge in [-0.1, -0.05) is 73.3 Å². The minimum absolute atomic E-state index is 0.0936. The zero-order valence-electron chi connectivity index (χ0n) is 19.2. The normalized spacial score (nSPS) is 11.8. The van der Waals surface area contributed by atoms with E-state index in [0.717, 1.165) is 12.0 Å². The van der Waals surface area contributed by atoms with Gasteiger partial charge >= 0.3 is 0 Å². The number of carbonyl (C=O) groups excluding carboxylic acids is 1. The van der Waals surface area contributed by atoms with Crippen LogP contribution in [0.5, 0.6) is 5.75 Å². The Morgan fingerprint density at radius 2 is 1.71 bits per heavy atom. The van der Waals surface area contributed by atoms with Crippen LogP contribution in [0.25, 0.3) is 10.9 Å². The molecular weight excluding hydrogens is 446 g/mol. The standard InChI is InChI=1S/C27H27N3O3S/c1-3-18-30-26(32)20-14-8-9-15-21(20)29-27(30)34-24(19-12-6-5-7-13-19)25(31)28-22-16-10-11-17-23(22)33-4-2/h5-17,24H,3-4,18H2,1-2H3,(H,28,31).